The zero-order valence-electron chi connectivity index (χ0n) is 12.0. The molecule has 4 nitrogen and oxygen atoms in total. The van der Waals surface area contributed by atoms with Gasteiger partial charge in [-0.1, -0.05) is 6.92 Å². The summed E-state index contributed by atoms with van der Waals surface area (Å²) in [5.74, 6) is 1.22. The fraction of sp³-hybridized carbons (Fsp3) is 1.00. The molecule has 7 atom stereocenters. The molecule has 4 rings (SSSR count). The number of hydrogen-bond donors (Lipinski definition) is 0. The summed E-state index contributed by atoms with van der Waals surface area (Å²) in [6.07, 6.45) is 5.59. The molecule has 106 valence electrons. The molecule has 0 aromatic carbocycles. The van der Waals surface area contributed by atoms with E-state index in [0.717, 1.165) is 19.3 Å². The summed E-state index contributed by atoms with van der Waals surface area (Å²) in [7, 11) is 0. The Hall–Kier alpha value is -0.640. The van der Waals surface area contributed by atoms with Gasteiger partial charge in [0.05, 0.1) is 11.5 Å². The standard InChI is InChI=1S/C15H23NO3/c1-9-4-5-11-14(3)12(16(17)18)10-8-15(9,11)7-6-13(10,2)19-14/h9-12H,4-8H2,1-3H3/t9-,10+,11-,12+,13-,14-,15+/m1/s1. The molecule has 3 aliphatic carbocycles. The Labute approximate surface area is 114 Å². The van der Waals surface area contributed by atoms with Gasteiger partial charge in [-0.25, -0.2) is 0 Å². The molecule has 0 N–H and O–H groups in total. The van der Waals surface area contributed by atoms with Gasteiger partial charge in [0.2, 0.25) is 6.04 Å². The molecular weight excluding hydrogens is 242 g/mol. The first-order valence-electron chi connectivity index (χ1n) is 7.67. The Bertz CT molecular complexity index is 466. The quantitative estimate of drug-likeness (QED) is 0.541. The number of hydrogen-bond acceptors (Lipinski definition) is 3. The van der Waals surface area contributed by atoms with Gasteiger partial charge in [-0.3, -0.25) is 10.1 Å². The average molecular weight is 265 g/mol. The van der Waals surface area contributed by atoms with Crippen LogP contribution in [0.1, 0.15) is 52.9 Å². The Balaban J connectivity index is 1.90. The fourth-order valence-electron chi connectivity index (χ4n) is 6.52. The van der Waals surface area contributed by atoms with Gasteiger partial charge < -0.3 is 4.74 Å². The lowest BCUT2D eigenvalue weighted by molar-refractivity contribution is -0.552. The van der Waals surface area contributed by atoms with Gasteiger partial charge in [0.1, 0.15) is 5.60 Å². The van der Waals surface area contributed by atoms with Crippen LogP contribution in [-0.2, 0) is 4.74 Å². The predicted octanol–water partition coefficient (Wildman–Crippen LogP) is 3.03. The predicted molar refractivity (Wildman–Crippen MR) is 70.3 cm³/mol. The van der Waals surface area contributed by atoms with E-state index in [1.807, 2.05) is 6.92 Å². The number of fused-ring (bicyclic) bond motifs is 2. The van der Waals surface area contributed by atoms with Crippen molar-refractivity contribution in [3.63, 3.8) is 0 Å². The molecule has 1 spiro atoms. The maximum absolute atomic E-state index is 11.6. The van der Waals surface area contributed by atoms with E-state index in [9.17, 15) is 10.1 Å². The van der Waals surface area contributed by atoms with Gasteiger partial charge in [-0.15, -0.1) is 0 Å². The van der Waals surface area contributed by atoms with E-state index < -0.39 is 11.6 Å². The first-order valence-corrected chi connectivity index (χ1v) is 7.67. The summed E-state index contributed by atoms with van der Waals surface area (Å²) < 4.78 is 6.44. The fourth-order valence-corrected chi connectivity index (χ4v) is 6.52. The number of rotatable bonds is 1. The van der Waals surface area contributed by atoms with Gasteiger partial charge >= 0.3 is 0 Å². The first kappa shape index (κ1) is 12.1. The molecule has 3 bridgehead atoms. The van der Waals surface area contributed by atoms with Crippen molar-refractivity contribution in [3.05, 3.63) is 10.1 Å². The zero-order valence-corrected chi connectivity index (χ0v) is 12.0. The second-order valence-electron chi connectivity index (χ2n) is 7.90. The molecule has 19 heavy (non-hydrogen) atoms. The molecule has 0 aromatic rings. The highest BCUT2D eigenvalue weighted by Crippen LogP contribution is 2.72. The molecule has 0 aromatic heterocycles. The summed E-state index contributed by atoms with van der Waals surface area (Å²) in [5.41, 5.74) is -0.438. The van der Waals surface area contributed by atoms with Crippen molar-refractivity contribution in [1.82, 2.24) is 0 Å². The molecule has 0 radical (unpaired) electrons. The molecule has 1 aliphatic heterocycles. The van der Waals surface area contributed by atoms with Crippen LogP contribution in [0.3, 0.4) is 0 Å². The third-order valence-electron chi connectivity index (χ3n) is 7.38. The van der Waals surface area contributed by atoms with Crippen LogP contribution in [-0.4, -0.2) is 22.2 Å². The Morgan fingerprint density at radius 3 is 2.68 bits per heavy atom. The minimum Gasteiger partial charge on any atom is -0.361 e. The van der Waals surface area contributed by atoms with Crippen LogP contribution in [0.5, 0.6) is 0 Å². The van der Waals surface area contributed by atoms with Crippen molar-refractivity contribution in [1.29, 1.82) is 0 Å². The van der Waals surface area contributed by atoms with Gasteiger partial charge in [0.25, 0.3) is 0 Å². The molecule has 0 unspecified atom stereocenters. The van der Waals surface area contributed by atoms with Crippen LogP contribution in [0.2, 0.25) is 0 Å². The van der Waals surface area contributed by atoms with Crippen molar-refractivity contribution >= 4 is 0 Å². The monoisotopic (exact) mass is 265 g/mol. The molecule has 4 fully saturated rings. The summed E-state index contributed by atoms with van der Waals surface area (Å²) in [5, 5.41) is 11.6. The van der Waals surface area contributed by atoms with E-state index in [1.165, 1.54) is 12.8 Å². The Morgan fingerprint density at radius 2 is 2.00 bits per heavy atom. The van der Waals surface area contributed by atoms with E-state index in [0.29, 0.717) is 17.3 Å². The Kier molecular flexibility index (Phi) is 2.02. The lowest BCUT2D eigenvalue weighted by Gasteiger charge is -2.52. The van der Waals surface area contributed by atoms with Crippen LogP contribution in [0.4, 0.5) is 0 Å². The van der Waals surface area contributed by atoms with Crippen molar-refractivity contribution in [2.75, 3.05) is 0 Å². The number of ether oxygens (including phenoxy) is 1. The van der Waals surface area contributed by atoms with Crippen molar-refractivity contribution in [2.45, 2.75) is 70.1 Å². The van der Waals surface area contributed by atoms with Gasteiger partial charge in [0, 0.05) is 10.8 Å². The van der Waals surface area contributed by atoms with Crippen molar-refractivity contribution in [2.24, 2.45) is 23.2 Å². The molecule has 3 saturated carbocycles. The van der Waals surface area contributed by atoms with Crippen LogP contribution in [0, 0.1) is 33.3 Å². The van der Waals surface area contributed by atoms with Gasteiger partial charge in [0.15, 0.2) is 0 Å². The topological polar surface area (TPSA) is 52.4 Å². The third-order valence-corrected chi connectivity index (χ3v) is 7.38. The molecule has 1 saturated heterocycles. The highest BCUT2D eigenvalue weighted by molar-refractivity contribution is 5.22. The number of nitrogens with zero attached hydrogens (tertiary/aromatic N) is 1. The van der Waals surface area contributed by atoms with Crippen LogP contribution in [0.15, 0.2) is 0 Å². The average Bonchev–Trinajstić information content (AvgIpc) is 2.69. The van der Waals surface area contributed by atoms with E-state index in [-0.39, 0.29) is 16.4 Å². The minimum absolute atomic E-state index is 0.0336. The minimum atomic E-state index is -0.525. The van der Waals surface area contributed by atoms with E-state index in [4.69, 9.17) is 4.74 Å². The summed E-state index contributed by atoms with van der Waals surface area (Å²) in [6, 6.07) is -0.485. The van der Waals surface area contributed by atoms with Crippen molar-refractivity contribution < 1.29 is 9.66 Å². The second-order valence-corrected chi connectivity index (χ2v) is 7.90. The lowest BCUT2D eigenvalue weighted by Crippen LogP contribution is -2.60. The molecule has 0 amide bonds. The molecular formula is C15H23NO3. The van der Waals surface area contributed by atoms with Gasteiger partial charge in [-0.2, -0.15) is 0 Å². The normalized spacial score (nSPS) is 62.3. The van der Waals surface area contributed by atoms with E-state index in [2.05, 4.69) is 13.8 Å². The molecule has 1 heterocycles. The first-order chi connectivity index (χ1) is 8.83. The zero-order chi connectivity index (χ0) is 13.6. The molecule has 4 heteroatoms. The Morgan fingerprint density at radius 1 is 1.26 bits per heavy atom. The summed E-state index contributed by atoms with van der Waals surface area (Å²) in [6.45, 7) is 6.52. The smallest absolute Gasteiger partial charge is 0.247 e. The second kappa shape index (κ2) is 3.16. The third kappa shape index (κ3) is 1.12. The SMILES string of the molecule is C[C@@H]1CC[C@H]2[C@]13CC[C@@]1(C)O[C@@]2(C)[C@@H]([N+](=O)[O-])[C@@H]1C3. The maximum atomic E-state index is 11.6. The lowest BCUT2D eigenvalue weighted by atomic mass is 9.49. The summed E-state index contributed by atoms with van der Waals surface area (Å²) in [4.78, 5) is 11.6. The maximum Gasteiger partial charge on any atom is 0.247 e. The van der Waals surface area contributed by atoms with E-state index in [1.54, 1.807) is 0 Å². The van der Waals surface area contributed by atoms with Crippen LogP contribution < -0.4 is 0 Å². The van der Waals surface area contributed by atoms with Gasteiger partial charge in [-0.05, 0) is 57.3 Å². The van der Waals surface area contributed by atoms with Crippen molar-refractivity contribution in [3.8, 4) is 0 Å². The van der Waals surface area contributed by atoms with Crippen LogP contribution in [0.25, 0.3) is 0 Å². The highest BCUT2D eigenvalue weighted by atomic mass is 16.6. The highest BCUT2D eigenvalue weighted by Gasteiger charge is 2.78. The largest absolute Gasteiger partial charge is 0.361 e. The summed E-state index contributed by atoms with van der Waals surface area (Å²) >= 11 is 0. The number of nitro groups is 1. The van der Waals surface area contributed by atoms with E-state index >= 15 is 0 Å². The molecule has 4 aliphatic rings. The van der Waals surface area contributed by atoms with Crippen LogP contribution >= 0.6 is 0 Å².